The molecular formula is C20H26N4O4. The molecule has 0 bridgehead atoms. The summed E-state index contributed by atoms with van der Waals surface area (Å²) in [6, 6.07) is 7.05. The van der Waals surface area contributed by atoms with E-state index in [4.69, 9.17) is 9.26 Å². The molecule has 0 atom stereocenters. The van der Waals surface area contributed by atoms with Gasteiger partial charge in [-0.3, -0.25) is 9.59 Å². The topological polar surface area (TPSA) is 106 Å². The Bertz CT molecular complexity index is 782. The van der Waals surface area contributed by atoms with Gasteiger partial charge in [0.25, 0.3) is 5.91 Å². The summed E-state index contributed by atoms with van der Waals surface area (Å²) in [4.78, 5) is 28.2. The van der Waals surface area contributed by atoms with Crippen LogP contribution in [0.4, 0.5) is 0 Å². The summed E-state index contributed by atoms with van der Waals surface area (Å²) in [7, 11) is 0. The quantitative estimate of drug-likeness (QED) is 0.722. The number of hydrogen-bond donors (Lipinski definition) is 2. The van der Waals surface area contributed by atoms with Gasteiger partial charge in [0.15, 0.2) is 6.61 Å². The molecule has 3 rings (SSSR count). The minimum absolute atomic E-state index is 0.00681. The molecule has 2 amide bonds. The molecule has 0 unspecified atom stereocenters. The normalized spacial score (nSPS) is 14.5. The maximum atomic E-state index is 12.2. The summed E-state index contributed by atoms with van der Waals surface area (Å²) < 4.78 is 10.4. The van der Waals surface area contributed by atoms with Gasteiger partial charge < -0.3 is 19.9 Å². The molecular weight excluding hydrogens is 360 g/mol. The Labute approximate surface area is 164 Å². The minimum Gasteiger partial charge on any atom is -0.485 e. The van der Waals surface area contributed by atoms with Crippen LogP contribution in [0.15, 0.2) is 28.8 Å². The van der Waals surface area contributed by atoms with Gasteiger partial charge in [-0.1, -0.05) is 24.4 Å². The molecule has 0 spiro atoms. The first-order chi connectivity index (χ1) is 13.6. The fraction of sp³-hybridized carbons (Fsp3) is 0.500. The van der Waals surface area contributed by atoms with Gasteiger partial charge in [0.1, 0.15) is 5.75 Å². The first-order valence-electron chi connectivity index (χ1n) is 9.70. The van der Waals surface area contributed by atoms with Crippen molar-refractivity contribution in [3.8, 4) is 5.75 Å². The van der Waals surface area contributed by atoms with E-state index < -0.39 is 0 Å². The highest BCUT2D eigenvalue weighted by Crippen LogP contribution is 2.17. The van der Waals surface area contributed by atoms with Gasteiger partial charge in [-0.15, -0.1) is 0 Å². The summed E-state index contributed by atoms with van der Waals surface area (Å²) >= 11 is 0. The molecule has 28 heavy (non-hydrogen) atoms. The van der Waals surface area contributed by atoms with Crippen LogP contribution >= 0.6 is 0 Å². The molecule has 0 radical (unpaired) electrons. The zero-order chi connectivity index (χ0) is 19.8. The first kappa shape index (κ1) is 19.9. The van der Waals surface area contributed by atoms with Crippen LogP contribution in [0.2, 0.25) is 0 Å². The number of nitrogens with one attached hydrogen (secondary N) is 2. The van der Waals surface area contributed by atoms with E-state index in [2.05, 4.69) is 20.8 Å². The van der Waals surface area contributed by atoms with Crippen LogP contribution in [0.3, 0.4) is 0 Å². The third-order valence-corrected chi connectivity index (χ3v) is 4.66. The Morgan fingerprint density at radius 1 is 1.18 bits per heavy atom. The summed E-state index contributed by atoms with van der Waals surface area (Å²) in [6.07, 6.45) is 6.00. The molecule has 8 nitrogen and oxygen atoms in total. The Kier molecular flexibility index (Phi) is 7.00. The van der Waals surface area contributed by atoms with Crippen LogP contribution in [0, 0.1) is 6.92 Å². The van der Waals surface area contributed by atoms with Gasteiger partial charge in [-0.2, -0.15) is 4.98 Å². The van der Waals surface area contributed by atoms with E-state index in [-0.39, 0.29) is 24.8 Å². The Balaban J connectivity index is 1.37. The number of amides is 2. The van der Waals surface area contributed by atoms with Crippen LogP contribution < -0.4 is 15.4 Å². The third-order valence-electron chi connectivity index (χ3n) is 4.66. The average molecular weight is 386 g/mol. The number of carbonyl (C=O) groups excluding carboxylic acids is 2. The molecule has 1 heterocycles. The Morgan fingerprint density at radius 3 is 2.61 bits per heavy atom. The summed E-state index contributed by atoms with van der Waals surface area (Å²) in [5.41, 5.74) is 0.510. The number of rotatable bonds is 8. The first-order valence-corrected chi connectivity index (χ1v) is 9.70. The molecule has 2 N–H and O–H groups in total. The number of hydrogen-bond acceptors (Lipinski definition) is 6. The molecule has 1 aromatic carbocycles. The highest BCUT2D eigenvalue weighted by atomic mass is 16.5. The van der Waals surface area contributed by atoms with Gasteiger partial charge in [-0.05, 0) is 37.1 Å². The van der Waals surface area contributed by atoms with Gasteiger partial charge in [-0.25, -0.2) is 0 Å². The molecule has 1 saturated carbocycles. The van der Waals surface area contributed by atoms with E-state index in [1.807, 2.05) is 0 Å². The maximum Gasteiger partial charge on any atom is 0.251 e. The lowest BCUT2D eigenvalue weighted by atomic mass is 9.95. The SMILES string of the molecule is Cc1nc(COc2ccc(C(=O)NCCC(=O)NC3CCCCC3)cc2)no1. The van der Waals surface area contributed by atoms with E-state index in [0.717, 1.165) is 12.8 Å². The van der Waals surface area contributed by atoms with Crippen molar-refractivity contribution in [1.29, 1.82) is 0 Å². The zero-order valence-corrected chi connectivity index (χ0v) is 16.1. The molecule has 1 aromatic heterocycles. The average Bonchev–Trinajstić information content (AvgIpc) is 3.12. The molecule has 1 fully saturated rings. The summed E-state index contributed by atoms with van der Waals surface area (Å²) in [5.74, 6) is 1.33. The van der Waals surface area contributed by atoms with E-state index in [0.29, 0.717) is 35.6 Å². The lowest BCUT2D eigenvalue weighted by molar-refractivity contribution is -0.121. The number of aromatic nitrogens is 2. The van der Waals surface area contributed by atoms with Gasteiger partial charge in [0, 0.05) is 31.5 Å². The van der Waals surface area contributed by atoms with Crippen molar-refractivity contribution < 1.29 is 18.8 Å². The molecule has 150 valence electrons. The van der Waals surface area contributed by atoms with Gasteiger partial charge in [0.05, 0.1) is 0 Å². The van der Waals surface area contributed by atoms with Crippen LogP contribution in [0.25, 0.3) is 0 Å². The van der Waals surface area contributed by atoms with E-state index in [1.54, 1.807) is 31.2 Å². The van der Waals surface area contributed by atoms with Crippen molar-refractivity contribution in [2.75, 3.05) is 6.54 Å². The predicted molar refractivity (Wildman–Crippen MR) is 102 cm³/mol. The highest BCUT2D eigenvalue weighted by molar-refractivity contribution is 5.94. The second-order valence-electron chi connectivity index (χ2n) is 6.95. The van der Waals surface area contributed by atoms with Gasteiger partial charge >= 0.3 is 0 Å². The summed E-state index contributed by atoms with van der Waals surface area (Å²) in [5, 5.41) is 9.57. The maximum absolute atomic E-state index is 12.2. The van der Waals surface area contributed by atoms with Crippen LogP contribution in [0.5, 0.6) is 5.75 Å². The summed E-state index contributed by atoms with van der Waals surface area (Å²) in [6.45, 7) is 2.22. The van der Waals surface area contributed by atoms with Crippen molar-refractivity contribution in [2.45, 2.75) is 58.1 Å². The Hall–Kier alpha value is -2.90. The highest BCUT2D eigenvalue weighted by Gasteiger charge is 2.15. The minimum atomic E-state index is -0.217. The smallest absolute Gasteiger partial charge is 0.251 e. The van der Waals surface area contributed by atoms with Crippen molar-refractivity contribution in [3.05, 3.63) is 41.5 Å². The van der Waals surface area contributed by atoms with E-state index in [1.165, 1.54) is 19.3 Å². The lowest BCUT2D eigenvalue weighted by Gasteiger charge is -2.22. The van der Waals surface area contributed by atoms with Crippen LogP contribution in [0.1, 0.15) is 60.6 Å². The molecule has 8 heteroatoms. The van der Waals surface area contributed by atoms with E-state index >= 15 is 0 Å². The zero-order valence-electron chi connectivity index (χ0n) is 16.1. The number of aryl methyl sites for hydroxylation is 1. The number of carbonyl (C=O) groups is 2. The standard InChI is InChI=1S/C20H26N4O4/c1-14-22-18(24-28-14)13-27-17-9-7-15(8-10-17)20(26)21-12-11-19(25)23-16-5-3-2-4-6-16/h7-10,16H,2-6,11-13H2,1H3,(H,21,26)(H,23,25). The Morgan fingerprint density at radius 2 is 1.93 bits per heavy atom. The monoisotopic (exact) mass is 386 g/mol. The van der Waals surface area contributed by atoms with Crippen LogP contribution in [-0.2, 0) is 11.4 Å². The fourth-order valence-corrected chi connectivity index (χ4v) is 3.19. The molecule has 1 aliphatic carbocycles. The number of nitrogens with zero attached hydrogens (tertiary/aromatic N) is 2. The number of benzene rings is 1. The second-order valence-corrected chi connectivity index (χ2v) is 6.95. The van der Waals surface area contributed by atoms with Crippen molar-refractivity contribution in [1.82, 2.24) is 20.8 Å². The molecule has 1 aliphatic rings. The number of ether oxygens (including phenoxy) is 1. The second kappa shape index (κ2) is 9.87. The fourth-order valence-electron chi connectivity index (χ4n) is 3.19. The largest absolute Gasteiger partial charge is 0.485 e. The van der Waals surface area contributed by atoms with E-state index in [9.17, 15) is 9.59 Å². The molecule has 2 aromatic rings. The van der Waals surface area contributed by atoms with Gasteiger partial charge in [0.2, 0.25) is 17.6 Å². The predicted octanol–water partition coefficient (Wildman–Crippen LogP) is 2.53. The molecule has 0 saturated heterocycles. The van der Waals surface area contributed by atoms with Crippen molar-refractivity contribution in [2.24, 2.45) is 0 Å². The van der Waals surface area contributed by atoms with Crippen LogP contribution in [-0.4, -0.2) is 34.5 Å². The lowest BCUT2D eigenvalue weighted by Crippen LogP contribution is -2.38. The third kappa shape index (κ3) is 6.07. The molecule has 0 aliphatic heterocycles. The van der Waals surface area contributed by atoms with Crippen molar-refractivity contribution in [3.63, 3.8) is 0 Å². The van der Waals surface area contributed by atoms with Crippen molar-refractivity contribution >= 4 is 11.8 Å².